The topological polar surface area (TPSA) is 112 Å². The Bertz CT molecular complexity index is 1220. The van der Waals surface area contributed by atoms with Crippen molar-refractivity contribution in [3.8, 4) is 28.7 Å². The second-order valence-electron chi connectivity index (χ2n) is 7.36. The van der Waals surface area contributed by atoms with E-state index in [-0.39, 0.29) is 11.5 Å². The van der Waals surface area contributed by atoms with Crippen molar-refractivity contribution in [1.82, 2.24) is 0 Å². The van der Waals surface area contributed by atoms with Crippen LogP contribution in [0.3, 0.4) is 0 Å². The largest absolute Gasteiger partial charge is 0.504 e. The number of anilines is 2. The van der Waals surface area contributed by atoms with Gasteiger partial charge in [0.25, 0.3) is 0 Å². The van der Waals surface area contributed by atoms with Crippen molar-refractivity contribution in [2.24, 2.45) is 0 Å². The molecule has 35 heavy (non-hydrogen) atoms. The van der Waals surface area contributed by atoms with Crippen LogP contribution in [0, 0.1) is 0 Å². The standard InChI is InChI=1S/C27H28N2O6/c1-32-22-15-18(16-23(33-2)27(22)35-4)5-9-19-10-13-21(30)26(34-3)25(19)29-24(31)14-8-17-6-11-20(28)12-7-17/h5-16,30H,28H2,1-4H3,(H,29,31)/b9-5?,14-8+. The summed E-state index contributed by atoms with van der Waals surface area (Å²) in [6, 6.07) is 13.9. The van der Waals surface area contributed by atoms with Gasteiger partial charge in [0.15, 0.2) is 23.0 Å². The zero-order valence-electron chi connectivity index (χ0n) is 20.0. The molecule has 1 amide bonds. The molecule has 0 unspecified atom stereocenters. The first-order valence-electron chi connectivity index (χ1n) is 10.6. The van der Waals surface area contributed by atoms with Gasteiger partial charge in [0.2, 0.25) is 11.7 Å². The van der Waals surface area contributed by atoms with E-state index in [2.05, 4.69) is 5.32 Å². The van der Waals surface area contributed by atoms with Gasteiger partial charge in [-0.25, -0.2) is 0 Å². The predicted octanol–water partition coefficient (Wildman–Crippen LogP) is 4.83. The second-order valence-corrected chi connectivity index (χ2v) is 7.36. The number of carbonyl (C=O) groups excluding carboxylic acids is 1. The Balaban J connectivity index is 1.93. The number of hydrogen-bond donors (Lipinski definition) is 3. The molecule has 0 radical (unpaired) electrons. The minimum absolute atomic E-state index is 0.102. The van der Waals surface area contributed by atoms with Gasteiger partial charge in [-0.3, -0.25) is 4.79 Å². The van der Waals surface area contributed by atoms with Crippen molar-refractivity contribution in [3.05, 3.63) is 71.3 Å². The summed E-state index contributed by atoms with van der Waals surface area (Å²) in [4.78, 5) is 12.7. The van der Waals surface area contributed by atoms with Crippen molar-refractivity contribution >= 4 is 35.5 Å². The average Bonchev–Trinajstić information content (AvgIpc) is 2.87. The molecule has 0 saturated carbocycles. The van der Waals surface area contributed by atoms with Crippen LogP contribution in [0.1, 0.15) is 16.7 Å². The van der Waals surface area contributed by atoms with E-state index in [1.54, 1.807) is 68.8 Å². The van der Waals surface area contributed by atoms with E-state index in [9.17, 15) is 9.90 Å². The summed E-state index contributed by atoms with van der Waals surface area (Å²) in [5.41, 5.74) is 8.86. The van der Waals surface area contributed by atoms with Crippen molar-refractivity contribution in [1.29, 1.82) is 0 Å². The zero-order valence-corrected chi connectivity index (χ0v) is 20.0. The number of amides is 1. The summed E-state index contributed by atoms with van der Waals surface area (Å²) in [7, 11) is 6.04. The number of phenols is 1. The number of benzene rings is 3. The van der Waals surface area contributed by atoms with E-state index < -0.39 is 5.91 Å². The minimum Gasteiger partial charge on any atom is -0.504 e. The number of nitrogens with two attached hydrogens (primary N) is 1. The summed E-state index contributed by atoms with van der Waals surface area (Å²) in [6.07, 6.45) is 6.65. The van der Waals surface area contributed by atoms with Crippen LogP contribution in [0.2, 0.25) is 0 Å². The SMILES string of the molecule is COc1cc(C=Cc2ccc(O)c(OC)c2NC(=O)/C=C/c2ccc(N)cc2)cc(OC)c1OC. The second kappa shape index (κ2) is 11.5. The zero-order chi connectivity index (χ0) is 25.4. The van der Waals surface area contributed by atoms with E-state index in [1.807, 2.05) is 6.08 Å². The molecule has 0 atom stereocenters. The third kappa shape index (κ3) is 6.05. The van der Waals surface area contributed by atoms with Gasteiger partial charge in [-0.2, -0.15) is 0 Å². The molecule has 4 N–H and O–H groups in total. The van der Waals surface area contributed by atoms with Crippen LogP contribution in [0.4, 0.5) is 11.4 Å². The molecular formula is C27H28N2O6. The molecule has 0 fully saturated rings. The molecule has 0 aromatic heterocycles. The lowest BCUT2D eigenvalue weighted by molar-refractivity contribution is -0.111. The molecule has 8 nitrogen and oxygen atoms in total. The summed E-state index contributed by atoms with van der Waals surface area (Å²) >= 11 is 0. The van der Waals surface area contributed by atoms with Crippen molar-refractivity contribution < 1.29 is 28.8 Å². The molecule has 0 aliphatic carbocycles. The fourth-order valence-corrected chi connectivity index (χ4v) is 3.39. The first-order chi connectivity index (χ1) is 16.9. The van der Waals surface area contributed by atoms with Gasteiger partial charge in [0.05, 0.1) is 34.1 Å². The molecule has 0 heterocycles. The predicted molar refractivity (Wildman–Crippen MR) is 138 cm³/mol. The molecule has 182 valence electrons. The highest BCUT2D eigenvalue weighted by Gasteiger charge is 2.15. The van der Waals surface area contributed by atoms with Gasteiger partial charge < -0.3 is 35.1 Å². The monoisotopic (exact) mass is 476 g/mol. The van der Waals surface area contributed by atoms with Gasteiger partial charge in [-0.1, -0.05) is 24.3 Å². The fourth-order valence-electron chi connectivity index (χ4n) is 3.39. The molecular weight excluding hydrogens is 448 g/mol. The third-order valence-electron chi connectivity index (χ3n) is 5.13. The van der Waals surface area contributed by atoms with Gasteiger partial charge >= 0.3 is 0 Å². The van der Waals surface area contributed by atoms with E-state index in [0.717, 1.165) is 11.1 Å². The molecule has 0 spiro atoms. The quantitative estimate of drug-likeness (QED) is 0.230. The minimum atomic E-state index is -0.395. The van der Waals surface area contributed by atoms with Crippen LogP contribution >= 0.6 is 0 Å². The molecule has 3 rings (SSSR count). The van der Waals surface area contributed by atoms with E-state index in [4.69, 9.17) is 24.7 Å². The normalized spacial score (nSPS) is 11.0. The average molecular weight is 477 g/mol. The van der Waals surface area contributed by atoms with Gasteiger partial charge in [-0.15, -0.1) is 0 Å². The number of hydrogen-bond acceptors (Lipinski definition) is 7. The van der Waals surface area contributed by atoms with Crippen LogP contribution in [0.25, 0.3) is 18.2 Å². The number of rotatable bonds is 9. The Morgan fingerprint density at radius 3 is 2.00 bits per heavy atom. The van der Waals surface area contributed by atoms with Crippen LogP contribution in [0.15, 0.2) is 54.6 Å². The van der Waals surface area contributed by atoms with Gasteiger partial charge in [0, 0.05) is 17.3 Å². The lowest BCUT2D eigenvalue weighted by Gasteiger charge is -2.14. The molecule has 3 aromatic rings. The Hall–Kier alpha value is -4.59. The van der Waals surface area contributed by atoms with Gasteiger partial charge in [0.1, 0.15) is 0 Å². The van der Waals surface area contributed by atoms with Crippen LogP contribution in [-0.2, 0) is 4.79 Å². The summed E-state index contributed by atoms with van der Waals surface area (Å²) in [6.45, 7) is 0. The fraction of sp³-hybridized carbons (Fsp3) is 0.148. The highest BCUT2D eigenvalue weighted by atomic mass is 16.5. The van der Waals surface area contributed by atoms with Crippen molar-refractivity contribution in [3.63, 3.8) is 0 Å². The smallest absolute Gasteiger partial charge is 0.248 e. The van der Waals surface area contributed by atoms with Crippen molar-refractivity contribution in [2.75, 3.05) is 39.5 Å². The molecule has 0 saturated heterocycles. The number of nitrogen functional groups attached to an aromatic ring is 1. The Morgan fingerprint density at radius 2 is 1.43 bits per heavy atom. The number of nitrogens with one attached hydrogen (secondary N) is 1. The van der Waals surface area contributed by atoms with Crippen molar-refractivity contribution in [2.45, 2.75) is 0 Å². The van der Waals surface area contributed by atoms with Gasteiger partial charge in [-0.05, 0) is 53.6 Å². The van der Waals surface area contributed by atoms with Crippen LogP contribution in [-0.4, -0.2) is 39.5 Å². The maximum absolute atomic E-state index is 12.7. The maximum Gasteiger partial charge on any atom is 0.248 e. The Morgan fingerprint density at radius 1 is 0.800 bits per heavy atom. The van der Waals surface area contributed by atoms with Crippen LogP contribution < -0.4 is 30.0 Å². The number of ether oxygens (including phenoxy) is 4. The van der Waals surface area contributed by atoms with E-state index in [0.29, 0.717) is 34.2 Å². The molecule has 0 aliphatic heterocycles. The highest BCUT2D eigenvalue weighted by molar-refractivity contribution is 6.04. The first-order valence-corrected chi connectivity index (χ1v) is 10.6. The lowest BCUT2D eigenvalue weighted by atomic mass is 10.1. The number of carbonyl (C=O) groups is 1. The van der Waals surface area contributed by atoms with E-state index >= 15 is 0 Å². The highest BCUT2D eigenvalue weighted by Crippen LogP contribution is 2.40. The Labute approximate surface area is 204 Å². The maximum atomic E-state index is 12.7. The molecule has 0 aliphatic rings. The molecule has 0 bridgehead atoms. The number of methoxy groups -OCH3 is 4. The molecule has 3 aromatic carbocycles. The Kier molecular flexibility index (Phi) is 8.24. The third-order valence-corrected chi connectivity index (χ3v) is 5.13. The number of phenolic OH excluding ortho intramolecular Hbond substituents is 1. The van der Waals surface area contributed by atoms with E-state index in [1.165, 1.54) is 26.4 Å². The first kappa shape index (κ1) is 25.0. The summed E-state index contributed by atoms with van der Waals surface area (Å²) in [5.74, 6) is 1.15. The lowest BCUT2D eigenvalue weighted by Crippen LogP contribution is -2.10. The summed E-state index contributed by atoms with van der Waals surface area (Å²) in [5, 5.41) is 13.1. The number of aromatic hydroxyl groups is 1. The van der Waals surface area contributed by atoms with Crippen LogP contribution in [0.5, 0.6) is 28.7 Å². The summed E-state index contributed by atoms with van der Waals surface area (Å²) < 4.78 is 21.5. The molecule has 8 heteroatoms.